The molecule has 268 valence electrons. The Balaban J connectivity index is 1.17. The summed E-state index contributed by atoms with van der Waals surface area (Å²) < 4.78 is 25.3. The van der Waals surface area contributed by atoms with Crippen LogP contribution in [0.15, 0.2) is 54.9 Å². The average Bonchev–Trinajstić information content (AvgIpc) is 3.55. The maximum Gasteiger partial charge on any atom is 0.340 e. The van der Waals surface area contributed by atoms with Crippen molar-refractivity contribution in [1.82, 2.24) is 9.88 Å². The van der Waals surface area contributed by atoms with Crippen LogP contribution in [0.1, 0.15) is 61.9 Å². The summed E-state index contributed by atoms with van der Waals surface area (Å²) in [6.07, 6.45) is 6.60. The number of amides is 1. The number of pyridine rings is 1. The average molecular weight is 688 g/mol. The summed E-state index contributed by atoms with van der Waals surface area (Å²) in [5, 5.41) is 28.8. The fourth-order valence-electron chi connectivity index (χ4n) is 12.5. The van der Waals surface area contributed by atoms with Gasteiger partial charge in [-0.05, 0) is 68.5 Å². The quantitative estimate of drug-likeness (QED) is 0.264. The third-order valence-corrected chi connectivity index (χ3v) is 14.0. The van der Waals surface area contributed by atoms with Crippen molar-refractivity contribution in [3.05, 3.63) is 66.0 Å². The van der Waals surface area contributed by atoms with E-state index >= 15 is 0 Å². The van der Waals surface area contributed by atoms with Crippen LogP contribution in [0.25, 0.3) is 5.57 Å². The maximum absolute atomic E-state index is 14.4. The highest BCUT2D eigenvalue weighted by Gasteiger charge is 2.89. The van der Waals surface area contributed by atoms with Gasteiger partial charge in [0.2, 0.25) is 5.91 Å². The molecule has 1 amide bonds. The largest absolute Gasteiger partial charge is 0.454 e. The number of methoxy groups -OCH3 is 3. The van der Waals surface area contributed by atoms with Crippen LogP contribution in [-0.2, 0) is 23.7 Å². The van der Waals surface area contributed by atoms with Gasteiger partial charge in [-0.2, -0.15) is 0 Å². The Morgan fingerprint density at radius 1 is 1.06 bits per heavy atom. The smallest absolute Gasteiger partial charge is 0.340 e. The summed E-state index contributed by atoms with van der Waals surface area (Å²) in [7, 11) is 5.05. The van der Waals surface area contributed by atoms with Crippen molar-refractivity contribution in [3.63, 3.8) is 0 Å². The molecule has 5 saturated carbocycles. The topological polar surface area (TPSA) is 140 Å². The molecule has 8 rings (SSSR count). The molecule has 1 aliphatic heterocycles. The van der Waals surface area contributed by atoms with Gasteiger partial charge >= 0.3 is 5.97 Å². The number of carbonyl (C=O) groups is 2. The number of allylic oxidation sites excluding steroid dienone is 1. The molecule has 6 aliphatic rings. The van der Waals surface area contributed by atoms with Crippen LogP contribution in [0.2, 0.25) is 0 Å². The molecular formula is C39H49N3O8. The Hall–Kier alpha value is -3.19. The lowest BCUT2D eigenvalue weighted by atomic mass is 9.44. The zero-order valence-electron chi connectivity index (χ0n) is 29.5. The second kappa shape index (κ2) is 11.9. The van der Waals surface area contributed by atoms with Crippen LogP contribution in [0.4, 0.5) is 5.69 Å². The molecule has 3 N–H and O–H groups in total. The molecule has 6 fully saturated rings. The number of ether oxygens (including phenoxy) is 4. The van der Waals surface area contributed by atoms with E-state index in [4.69, 9.17) is 18.9 Å². The molecule has 12 atom stereocenters. The van der Waals surface area contributed by atoms with Gasteiger partial charge in [0.15, 0.2) is 0 Å². The van der Waals surface area contributed by atoms with Crippen LogP contribution in [0.5, 0.6) is 0 Å². The Kier molecular flexibility index (Phi) is 8.09. The number of nitrogens with zero attached hydrogens (tertiary/aromatic N) is 2. The van der Waals surface area contributed by atoms with E-state index in [0.717, 1.165) is 11.1 Å². The molecule has 50 heavy (non-hydrogen) atoms. The van der Waals surface area contributed by atoms with Gasteiger partial charge in [0.25, 0.3) is 0 Å². The standard InChI is InChI=1S/C39H49N3O8/c1-6-42-21-36(50-35(44)24-11-7-8-12-27(24)41-32(43)16-22(2)23-10-9-15-40-20-23)14-13-31(48-4)38-29(36)18-26(33(38)42)37(45)19-28(47-3)25-17-30(38)39(37,46)34(25)49-5/h7-12,15-16,20,25-26,28-31,33-34,45-46H,6,13-14,17-19,21H2,1-5H3,(H,41,43)/b22-16+/t25-,26-,28+,29-,30+,31+,33?,34+,36-,37+,38+,39+/m1/s1. The summed E-state index contributed by atoms with van der Waals surface area (Å²) in [6, 6.07) is 10.6. The minimum absolute atomic E-state index is 0.0712. The van der Waals surface area contributed by atoms with Crippen molar-refractivity contribution >= 4 is 23.1 Å². The highest BCUT2D eigenvalue weighted by atomic mass is 16.6. The zero-order valence-corrected chi connectivity index (χ0v) is 29.5. The Bertz CT molecular complexity index is 1700. The van der Waals surface area contributed by atoms with E-state index in [0.29, 0.717) is 50.9 Å². The van der Waals surface area contributed by atoms with Crippen molar-refractivity contribution in [2.75, 3.05) is 39.7 Å². The van der Waals surface area contributed by atoms with E-state index in [2.05, 4.69) is 22.1 Å². The third-order valence-electron chi connectivity index (χ3n) is 14.0. The van der Waals surface area contributed by atoms with Gasteiger partial charge in [-0.15, -0.1) is 0 Å². The number of para-hydroxylation sites is 1. The number of nitrogens with one attached hydrogen (secondary N) is 1. The van der Waals surface area contributed by atoms with Crippen LogP contribution < -0.4 is 5.32 Å². The minimum atomic E-state index is -1.50. The number of hydrogen-bond donors (Lipinski definition) is 3. The van der Waals surface area contributed by atoms with E-state index in [-0.39, 0.29) is 53.4 Å². The number of benzene rings is 1. The number of likely N-dealkylation sites (tertiary alicyclic amines) is 1. The highest BCUT2D eigenvalue weighted by molar-refractivity contribution is 6.07. The summed E-state index contributed by atoms with van der Waals surface area (Å²) >= 11 is 0. The number of rotatable bonds is 9. The summed E-state index contributed by atoms with van der Waals surface area (Å²) in [4.78, 5) is 34.2. The van der Waals surface area contributed by atoms with Crippen LogP contribution in [0, 0.1) is 29.1 Å². The van der Waals surface area contributed by atoms with Crippen LogP contribution in [0.3, 0.4) is 0 Å². The lowest BCUT2D eigenvalue weighted by Crippen LogP contribution is -2.83. The molecular weight excluding hydrogens is 638 g/mol. The molecule has 7 bridgehead atoms. The molecule has 1 unspecified atom stereocenters. The molecule has 1 aromatic carbocycles. The molecule has 1 aromatic heterocycles. The third kappa shape index (κ3) is 4.28. The molecule has 2 aromatic rings. The fraction of sp³-hybridized carbons (Fsp3) is 0.615. The number of esters is 1. The van der Waals surface area contributed by atoms with Crippen molar-refractivity contribution in [3.8, 4) is 0 Å². The first-order valence-corrected chi connectivity index (χ1v) is 18.0. The van der Waals surface area contributed by atoms with E-state index in [1.165, 1.54) is 6.08 Å². The van der Waals surface area contributed by atoms with Gasteiger partial charge in [0.05, 0.1) is 29.6 Å². The van der Waals surface area contributed by atoms with Gasteiger partial charge in [0, 0.05) is 87.9 Å². The number of fused-ring (bicyclic) bond motifs is 2. The maximum atomic E-state index is 14.4. The first-order chi connectivity index (χ1) is 24.0. The van der Waals surface area contributed by atoms with Crippen LogP contribution >= 0.6 is 0 Å². The predicted octanol–water partition coefficient (Wildman–Crippen LogP) is 3.70. The van der Waals surface area contributed by atoms with E-state index < -0.39 is 34.3 Å². The number of aliphatic hydroxyl groups is 2. The van der Waals surface area contributed by atoms with Gasteiger partial charge in [-0.3, -0.25) is 14.7 Å². The number of likely N-dealkylation sites (N-methyl/N-ethyl adjacent to an activating group) is 1. The van der Waals surface area contributed by atoms with E-state index in [9.17, 15) is 19.8 Å². The molecule has 11 nitrogen and oxygen atoms in total. The molecule has 1 spiro atoms. The second-order valence-electron chi connectivity index (χ2n) is 15.6. The van der Waals surface area contributed by atoms with E-state index in [1.807, 2.05) is 19.1 Å². The monoisotopic (exact) mass is 687 g/mol. The van der Waals surface area contributed by atoms with Crippen LogP contribution in [-0.4, -0.2) is 108 Å². The normalized spacial score (nSPS) is 42.7. The van der Waals surface area contributed by atoms with Gasteiger partial charge in [0.1, 0.15) is 16.8 Å². The summed E-state index contributed by atoms with van der Waals surface area (Å²) in [5.74, 6) is -1.79. The van der Waals surface area contributed by atoms with Crippen molar-refractivity contribution in [1.29, 1.82) is 0 Å². The summed E-state index contributed by atoms with van der Waals surface area (Å²) in [5.41, 5.74) is -2.24. The lowest BCUT2D eigenvalue weighted by molar-refractivity contribution is -0.337. The second-order valence-corrected chi connectivity index (χ2v) is 15.6. The number of aromatic nitrogens is 1. The zero-order chi connectivity index (χ0) is 35.2. The highest BCUT2D eigenvalue weighted by Crippen LogP contribution is 2.79. The van der Waals surface area contributed by atoms with Gasteiger partial charge in [-0.25, -0.2) is 4.79 Å². The molecule has 5 aliphatic carbocycles. The molecule has 2 heterocycles. The van der Waals surface area contributed by atoms with Crippen molar-refractivity contribution in [2.24, 2.45) is 29.1 Å². The van der Waals surface area contributed by atoms with Crippen molar-refractivity contribution < 1.29 is 38.7 Å². The number of anilines is 1. The SMILES string of the molecule is CCN1C[C@]2(OC(=O)c3ccccc3NC(=O)/C=C(\C)c3cccnc3)CC[C@H](OC)[C@]34C1[C@@H](C[C@H]23)[C@@]1(O)C[C@H](OC)[C@H]2C[C@@H]4[C@]1(O)[C@H]2OC. The number of hydrogen-bond acceptors (Lipinski definition) is 10. The molecule has 0 radical (unpaired) electrons. The van der Waals surface area contributed by atoms with Gasteiger partial charge < -0.3 is 34.5 Å². The predicted molar refractivity (Wildman–Crippen MR) is 184 cm³/mol. The van der Waals surface area contributed by atoms with Gasteiger partial charge in [-0.1, -0.05) is 25.1 Å². The lowest BCUT2D eigenvalue weighted by Gasteiger charge is -2.70. The Morgan fingerprint density at radius 3 is 2.56 bits per heavy atom. The molecule has 11 heteroatoms. The first kappa shape index (κ1) is 33.9. The first-order valence-electron chi connectivity index (χ1n) is 18.0. The number of piperidine rings is 1. The number of carbonyl (C=O) groups excluding carboxylic acids is 2. The molecule has 1 saturated heterocycles. The Morgan fingerprint density at radius 2 is 1.86 bits per heavy atom. The summed E-state index contributed by atoms with van der Waals surface area (Å²) in [6.45, 7) is 5.16. The van der Waals surface area contributed by atoms with Crippen molar-refractivity contribution in [2.45, 2.75) is 87.1 Å². The van der Waals surface area contributed by atoms with E-state index in [1.54, 1.807) is 58.0 Å². The fourth-order valence-corrected chi connectivity index (χ4v) is 12.5. The Labute approximate surface area is 293 Å². The minimum Gasteiger partial charge on any atom is -0.454 e.